The van der Waals surface area contributed by atoms with E-state index >= 15 is 0 Å². The van der Waals surface area contributed by atoms with Gasteiger partial charge in [0.1, 0.15) is 11.9 Å². The fourth-order valence-corrected chi connectivity index (χ4v) is 3.00. The van der Waals surface area contributed by atoms with Crippen molar-refractivity contribution in [1.29, 1.82) is 0 Å². The molecule has 0 aliphatic rings. The highest BCUT2D eigenvalue weighted by Gasteiger charge is 2.21. The molecule has 1 atom stereocenters. The zero-order chi connectivity index (χ0) is 21.3. The molecule has 5 nitrogen and oxygen atoms in total. The number of carbonyl (C=O) groups is 1. The van der Waals surface area contributed by atoms with Crippen LogP contribution in [0.2, 0.25) is 0 Å². The van der Waals surface area contributed by atoms with Crippen LogP contribution in [0.5, 0.6) is 11.5 Å². The lowest BCUT2D eigenvalue weighted by molar-refractivity contribution is -0.117. The molecule has 156 valence electrons. The SMILES string of the molecule is CCOc1ccc(N[C@H](C(=O)Nc2ccc(F)cc2)c2ccccc2)cc1OCC. The number of benzene rings is 3. The van der Waals surface area contributed by atoms with Crippen molar-refractivity contribution < 1.29 is 18.7 Å². The summed E-state index contributed by atoms with van der Waals surface area (Å²) in [4.78, 5) is 13.1. The van der Waals surface area contributed by atoms with Gasteiger partial charge in [0.05, 0.1) is 13.2 Å². The van der Waals surface area contributed by atoms with Gasteiger partial charge < -0.3 is 20.1 Å². The summed E-state index contributed by atoms with van der Waals surface area (Å²) < 4.78 is 24.5. The van der Waals surface area contributed by atoms with Crippen LogP contribution in [-0.2, 0) is 4.79 Å². The molecule has 2 N–H and O–H groups in total. The maximum absolute atomic E-state index is 13.2. The normalized spacial score (nSPS) is 11.4. The maximum atomic E-state index is 13.2. The number of halogens is 1. The predicted molar refractivity (Wildman–Crippen MR) is 117 cm³/mol. The van der Waals surface area contributed by atoms with E-state index in [-0.39, 0.29) is 11.7 Å². The molecule has 0 saturated carbocycles. The topological polar surface area (TPSA) is 59.6 Å². The number of anilines is 2. The first-order valence-electron chi connectivity index (χ1n) is 9.88. The van der Waals surface area contributed by atoms with Gasteiger partial charge in [0.25, 0.3) is 5.91 Å². The second-order valence-corrected chi connectivity index (χ2v) is 6.51. The van der Waals surface area contributed by atoms with Gasteiger partial charge in [-0.2, -0.15) is 0 Å². The van der Waals surface area contributed by atoms with Gasteiger partial charge in [-0.25, -0.2) is 4.39 Å². The lowest BCUT2D eigenvalue weighted by Crippen LogP contribution is -2.27. The lowest BCUT2D eigenvalue weighted by Gasteiger charge is -2.21. The Kier molecular flexibility index (Phi) is 7.27. The molecule has 0 heterocycles. The summed E-state index contributed by atoms with van der Waals surface area (Å²) in [6.07, 6.45) is 0. The van der Waals surface area contributed by atoms with E-state index in [0.717, 1.165) is 5.56 Å². The van der Waals surface area contributed by atoms with Crippen LogP contribution in [0.4, 0.5) is 15.8 Å². The van der Waals surface area contributed by atoms with E-state index in [0.29, 0.717) is 36.1 Å². The van der Waals surface area contributed by atoms with E-state index in [1.54, 1.807) is 0 Å². The molecule has 0 spiro atoms. The number of amides is 1. The van der Waals surface area contributed by atoms with Gasteiger partial charge in [-0.1, -0.05) is 30.3 Å². The summed E-state index contributed by atoms with van der Waals surface area (Å²) in [5.41, 5.74) is 2.03. The summed E-state index contributed by atoms with van der Waals surface area (Å²) in [6.45, 7) is 4.84. The van der Waals surface area contributed by atoms with Crippen LogP contribution in [0.15, 0.2) is 72.8 Å². The highest BCUT2D eigenvalue weighted by Crippen LogP contribution is 2.32. The van der Waals surface area contributed by atoms with Crippen LogP contribution in [0.25, 0.3) is 0 Å². The van der Waals surface area contributed by atoms with Crippen molar-refractivity contribution >= 4 is 17.3 Å². The van der Waals surface area contributed by atoms with E-state index in [1.807, 2.05) is 62.4 Å². The molecule has 30 heavy (non-hydrogen) atoms. The van der Waals surface area contributed by atoms with Crippen molar-refractivity contribution in [3.05, 3.63) is 84.2 Å². The van der Waals surface area contributed by atoms with Crippen molar-refractivity contribution in [1.82, 2.24) is 0 Å². The van der Waals surface area contributed by atoms with Crippen LogP contribution in [0.1, 0.15) is 25.5 Å². The van der Waals surface area contributed by atoms with Crippen LogP contribution >= 0.6 is 0 Å². The second kappa shape index (κ2) is 10.3. The Morgan fingerprint density at radius 3 is 2.17 bits per heavy atom. The van der Waals surface area contributed by atoms with Crippen molar-refractivity contribution in [3.8, 4) is 11.5 Å². The molecule has 0 saturated heterocycles. The van der Waals surface area contributed by atoms with Gasteiger partial charge in [0.15, 0.2) is 11.5 Å². The number of hydrogen-bond acceptors (Lipinski definition) is 4. The summed E-state index contributed by atoms with van der Waals surface area (Å²) in [6, 6.07) is 19.9. The monoisotopic (exact) mass is 408 g/mol. The largest absolute Gasteiger partial charge is 0.490 e. The average molecular weight is 408 g/mol. The minimum absolute atomic E-state index is 0.264. The molecule has 6 heteroatoms. The quantitative estimate of drug-likeness (QED) is 0.497. The summed E-state index contributed by atoms with van der Waals surface area (Å²) in [5, 5.41) is 6.11. The number of hydrogen-bond donors (Lipinski definition) is 2. The van der Waals surface area contributed by atoms with Gasteiger partial charge in [-0.3, -0.25) is 4.79 Å². The molecule has 3 rings (SSSR count). The van der Waals surface area contributed by atoms with E-state index < -0.39 is 6.04 Å². The van der Waals surface area contributed by atoms with Crippen LogP contribution in [0, 0.1) is 5.82 Å². The Balaban J connectivity index is 1.87. The van der Waals surface area contributed by atoms with Gasteiger partial charge >= 0.3 is 0 Å². The third-order valence-electron chi connectivity index (χ3n) is 4.36. The van der Waals surface area contributed by atoms with Gasteiger partial charge in [0.2, 0.25) is 0 Å². The molecule has 3 aromatic rings. The minimum Gasteiger partial charge on any atom is -0.490 e. The predicted octanol–water partition coefficient (Wildman–Crippen LogP) is 5.42. The third-order valence-corrected chi connectivity index (χ3v) is 4.36. The van der Waals surface area contributed by atoms with E-state index in [4.69, 9.17) is 9.47 Å². The Labute approximate surface area is 175 Å². The van der Waals surface area contributed by atoms with Crippen molar-refractivity contribution in [2.75, 3.05) is 23.8 Å². The second-order valence-electron chi connectivity index (χ2n) is 6.51. The highest BCUT2D eigenvalue weighted by molar-refractivity contribution is 5.97. The molecular weight excluding hydrogens is 383 g/mol. The minimum atomic E-state index is -0.663. The number of ether oxygens (including phenoxy) is 2. The van der Waals surface area contributed by atoms with Gasteiger partial charge in [-0.15, -0.1) is 0 Å². The fraction of sp³-hybridized carbons (Fsp3) is 0.208. The zero-order valence-electron chi connectivity index (χ0n) is 17.0. The number of carbonyl (C=O) groups excluding carboxylic acids is 1. The first-order chi connectivity index (χ1) is 14.6. The highest BCUT2D eigenvalue weighted by atomic mass is 19.1. The molecule has 0 radical (unpaired) electrons. The van der Waals surface area contributed by atoms with E-state index in [1.165, 1.54) is 24.3 Å². The third kappa shape index (κ3) is 5.50. The first kappa shape index (κ1) is 21.2. The molecule has 0 fully saturated rings. The molecule has 0 aromatic heterocycles. The molecule has 1 amide bonds. The Bertz CT molecular complexity index is 962. The van der Waals surface area contributed by atoms with Crippen LogP contribution in [-0.4, -0.2) is 19.1 Å². The molecule has 0 aliphatic heterocycles. The Hall–Kier alpha value is -3.54. The molecule has 0 unspecified atom stereocenters. The Morgan fingerprint density at radius 2 is 1.50 bits per heavy atom. The van der Waals surface area contributed by atoms with Crippen LogP contribution < -0.4 is 20.1 Å². The summed E-state index contributed by atoms with van der Waals surface area (Å²) in [7, 11) is 0. The molecule has 0 aliphatic carbocycles. The smallest absolute Gasteiger partial charge is 0.251 e. The number of rotatable bonds is 9. The van der Waals surface area contributed by atoms with Crippen molar-refractivity contribution in [2.45, 2.75) is 19.9 Å². The zero-order valence-corrected chi connectivity index (χ0v) is 17.0. The Morgan fingerprint density at radius 1 is 0.867 bits per heavy atom. The maximum Gasteiger partial charge on any atom is 0.251 e. The van der Waals surface area contributed by atoms with E-state index in [2.05, 4.69) is 10.6 Å². The number of nitrogens with one attached hydrogen (secondary N) is 2. The fourth-order valence-electron chi connectivity index (χ4n) is 3.00. The standard InChI is InChI=1S/C24H25FN2O3/c1-3-29-21-15-14-20(16-22(21)30-4-2)26-23(17-8-6-5-7-9-17)24(28)27-19-12-10-18(25)11-13-19/h5-16,23,26H,3-4H2,1-2H3,(H,27,28)/t23-/m0/s1. The van der Waals surface area contributed by atoms with Crippen molar-refractivity contribution in [2.24, 2.45) is 0 Å². The van der Waals surface area contributed by atoms with Crippen LogP contribution in [0.3, 0.4) is 0 Å². The van der Waals surface area contributed by atoms with Gasteiger partial charge in [0, 0.05) is 17.4 Å². The molecule has 0 bridgehead atoms. The van der Waals surface area contributed by atoms with Crippen molar-refractivity contribution in [3.63, 3.8) is 0 Å². The summed E-state index contributed by atoms with van der Waals surface area (Å²) in [5.74, 6) is 0.634. The van der Waals surface area contributed by atoms with Gasteiger partial charge in [-0.05, 0) is 55.8 Å². The molecule has 3 aromatic carbocycles. The first-order valence-corrected chi connectivity index (χ1v) is 9.88. The summed E-state index contributed by atoms with van der Waals surface area (Å²) >= 11 is 0. The van der Waals surface area contributed by atoms with E-state index in [9.17, 15) is 9.18 Å². The molecular formula is C24H25FN2O3. The lowest BCUT2D eigenvalue weighted by atomic mass is 10.1. The average Bonchev–Trinajstić information content (AvgIpc) is 2.76.